The van der Waals surface area contributed by atoms with Crippen molar-refractivity contribution in [1.29, 1.82) is 0 Å². The lowest BCUT2D eigenvalue weighted by Crippen LogP contribution is -2.28. The number of carbonyl (C=O) groups is 1. The first-order chi connectivity index (χ1) is 11.9. The Kier molecular flexibility index (Phi) is 5.33. The van der Waals surface area contributed by atoms with Gasteiger partial charge in [-0.15, -0.1) is 0 Å². The van der Waals surface area contributed by atoms with Crippen LogP contribution in [0.15, 0.2) is 57.5 Å². The summed E-state index contributed by atoms with van der Waals surface area (Å²) in [5, 5.41) is 3.58. The number of aliphatic imine (C=N–C) groups is 1. The highest BCUT2D eigenvalue weighted by Crippen LogP contribution is 2.34. The number of carbonyl (C=O) groups excluding carboxylic acids is 1. The summed E-state index contributed by atoms with van der Waals surface area (Å²) in [6.45, 7) is 0.652. The molecule has 1 aliphatic heterocycles. The van der Waals surface area contributed by atoms with Crippen LogP contribution in [0.25, 0.3) is 0 Å². The van der Waals surface area contributed by atoms with Crippen molar-refractivity contribution < 1.29 is 18.0 Å². The number of amides is 1. The van der Waals surface area contributed by atoms with E-state index in [9.17, 15) is 18.0 Å². The number of hydrogen-bond donors (Lipinski definition) is 1. The SMILES string of the molecule is O=C(NC1=NCCS1)c1cccnc1Sc1cccc(C(F)(F)F)c1. The van der Waals surface area contributed by atoms with E-state index < -0.39 is 11.7 Å². The number of pyridine rings is 1. The summed E-state index contributed by atoms with van der Waals surface area (Å²) >= 11 is 2.46. The third-order valence-corrected chi connectivity index (χ3v) is 5.10. The molecule has 1 amide bonds. The van der Waals surface area contributed by atoms with Crippen molar-refractivity contribution in [2.75, 3.05) is 12.3 Å². The fraction of sp³-hybridized carbons (Fsp3) is 0.188. The van der Waals surface area contributed by atoms with Crippen LogP contribution in [0.3, 0.4) is 0 Å². The molecule has 130 valence electrons. The molecule has 1 aromatic heterocycles. The van der Waals surface area contributed by atoms with Crippen molar-refractivity contribution in [1.82, 2.24) is 10.3 Å². The second-order valence-electron chi connectivity index (χ2n) is 4.97. The van der Waals surface area contributed by atoms with E-state index in [2.05, 4.69) is 15.3 Å². The molecule has 0 bridgehead atoms. The van der Waals surface area contributed by atoms with Gasteiger partial charge in [-0.1, -0.05) is 29.6 Å². The molecule has 2 aromatic rings. The summed E-state index contributed by atoms with van der Waals surface area (Å²) in [5.41, 5.74) is -0.448. The Bertz CT molecular complexity index is 824. The molecule has 1 aromatic carbocycles. The number of nitrogens with one attached hydrogen (secondary N) is 1. The number of aromatic nitrogens is 1. The monoisotopic (exact) mass is 383 g/mol. The van der Waals surface area contributed by atoms with Gasteiger partial charge in [-0.3, -0.25) is 9.79 Å². The highest BCUT2D eigenvalue weighted by atomic mass is 32.2. The number of alkyl halides is 3. The maximum atomic E-state index is 12.8. The van der Waals surface area contributed by atoms with Gasteiger partial charge in [-0.25, -0.2) is 4.98 Å². The van der Waals surface area contributed by atoms with Crippen LogP contribution in [0.2, 0.25) is 0 Å². The normalized spacial score (nSPS) is 14.3. The standard InChI is InChI=1S/C16H12F3N3OS2/c17-16(18,19)10-3-1-4-11(9-10)25-14-12(5-2-6-20-14)13(23)22-15-21-7-8-24-15/h1-6,9H,7-8H2,(H,21,22,23). The second kappa shape index (κ2) is 7.49. The van der Waals surface area contributed by atoms with Crippen LogP contribution < -0.4 is 5.32 Å². The number of hydrogen-bond acceptors (Lipinski definition) is 5. The lowest BCUT2D eigenvalue weighted by Gasteiger charge is -2.10. The van der Waals surface area contributed by atoms with E-state index >= 15 is 0 Å². The Hall–Kier alpha value is -2.00. The number of benzene rings is 1. The predicted molar refractivity (Wildman–Crippen MR) is 92.0 cm³/mol. The smallest absolute Gasteiger partial charge is 0.301 e. The minimum atomic E-state index is -4.42. The van der Waals surface area contributed by atoms with Gasteiger partial charge < -0.3 is 5.32 Å². The molecule has 0 saturated heterocycles. The van der Waals surface area contributed by atoms with Crippen molar-refractivity contribution in [2.45, 2.75) is 16.1 Å². The van der Waals surface area contributed by atoms with Gasteiger partial charge in [0.15, 0.2) is 5.17 Å². The number of halogens is 3. The highest BCUT2D eigenvalue weighted by molar-refractivity contribution is 8.14. The molecule has 0 atom stereocenters. The molecule has 0 spiro atoms. The Morgan fingerprint density at radius 1 is 1.24 bits per heavy atom. The first-order valence-corrected chi connectivity index (χ1v) is 9.02. The lowest BCUT2D eigenvalue weighted by molar-refractivity contribution is -0.137. The Morgan fingerprint density at radius 2 is 2.08 bits per heavy atom. The summed E-state index contributed by atoms with van der Waals surface area (Å²) in [5.74, 6) is 0.435. The average Bonchev–Trinajstić information content (AvgIpc) is 3.08. The van der Waals surface area contributed by atoms with Crippen molar-refractivity contribution >= 4 is 34.6 Å². The van der Waals surface area contributed by atoms with Gasteiger partial charge in [0.1, 0.15) is 5.03 Å². The zero-order valence-electron chi connectivity index (χ0n) is 12.7. The summed E-state index contributed by atoms with van der Waals surface area (Å²) in [4.78, 5) is 21.0. The molecule has 0 radical (unpaired) electrons. The minimum Gasteiger partial charge on any atom is -0.301 e. The molecule has 1 aliphatic rings. The zero-order valence-corrected chi connectivity index (χ0v) is 14.3. The highest BCUT2D eigenvalue weighted by Gasteiger charge is 2.30. The van der Waals surface area contributed by atoms with Crippen LogP contribution in [-0.2, 0) is 6.18 Å². The molecule has 0 aliphatic carbocycles. The zero-order chi connectivity index (χ0) is 17.9. The van der Waals surface area contributed by atoms with Gasteiger partial charge in [0.05, 0.1) is 17.7 Å². The lowest BCUT2D eigenvalue weighted by atomic mass is 10.2. The Balaban J connectivity index is 1.83. The third kappa shape index (κ3) is 4.55. The molecule has 25 heavy (non-hydrogen) atoms. The van der Waals surface area contributed by atoms with Gasteiger partial charge in [0.2, 0.25) is 0 Å². The van der Waals surface area contributed by atoms with Gasteiger partial charge in [-0.05, 0) is 30.3 Å². The van der Waals surface area contributed by atoms with Crippen LogP contribution >= 0.6 is 23.5 Å². The van der Waals surface area contributed by atoms with Crippen molar-refractivity contribution in [3.05, 3.63) is 53.7 Å². The minimum absolute atomic E-state index is 0.292. The number of rotatable bonds is 3. The van der Waals surface area contributed by atoms with Crippen LogP contribution in [0.4, 0.5) is 13.2 Å². The molecule has 1 N–H and O–H groups in total. The number of amidine groups is 1. The molecule has 0 saturated carbocycles. The quantitative estimate of drug-likeness (QED) is 0.868. The van der Waals surface area contributed by atoms with Gasteiger partial charge in [0, 0.05) is 16.8 Å². The maximum absolute atomic E-state index is 12.8. The van der Waals surface area contributed by atoms with Crippen LogP contribution in [0.5, 0.6) is 0 Å². The number of nitrogens with zero attached hydrogens (tertiary/aromatic N) is 2. The summed E-state index contributed by atoms with van der Waals surface area (Å²) in [6, 6.07) is 8.11. The first-order valence-electron chi connectivity index (χ1n) is 7.22. The van der Waals surface area contributed by atoms with Gasteiger partial charge in [-0.2, -0.15) is 13.2 Å². The van der Waals surface area contributed by atoms with E-state index in [1.807, 2.05) is 0 Å². The molecular weight excluding hydrogens is 371 g/mol. The van der Waals surface area contributed by atoms with Crippen LogP contribution in [0.1, 0.15) is 15.9 Å². The largest absolute Gasteiger partial charge is 0.416 e. The van der Waals surface area contributed by atoms with Gasteiger partial charge in [0.25, 0.3) is 5.91 Å². The second-order valence-corrected chi connectivity index (χ2v) is 7.12. The van der Waals surface area contributed by atoms with E-state index in [1.54, 1.807) is 18.2 Å². The summed E-state index contributed by atoms with van der Waals surface area (Å²) in [6.07, 6.45) is -2.92. The van der Waals surface area contributed by atoms with E-state index in [0.717, 1.165) is 29.6 Å². The summed E-state index contributed by atoms with van der Waals surface area (Å²) in [7, 11) is 0. The van der Waals surface area contributed by atoms with E-state index in [-0.39, 0.29) is 5.91 Å². The number of thioether (sulfide) groups is 1. The van der Waals surface area contributed by atoms with E-state index in [0.29, 0.717) is 27.2 Å². The fourth-order valence-corrected chi connectivity index (χ4v) is 3.73. The van der Waals surface area contributed by atoms with E-state index in [4.69, 9.17) is 0 Å². The molecule has 4 nitrogen and oxygen atoms in total. The third-order valence-electron chi connectivity index (χ3n) is 3.20. The maximum Gasteiger partial charge on any atom is 0.416 e. The topological polar surface area (TPSA) is 54.4 Å². The molecule has 0 unspecified atom stereocenters. The van der Waals surface area contributed by atoms with Crippen LogP contribution in [-0.4, -0.2) is 28.4 Å². The summed E-state index contributed by atoms with van der Waals surface area (Å²) < 4.78 is 38.5. The Morgan fingerprint density at radius 3 is 2.80 bits per heavy atom. The van der Waals surface area contributed by atoms with Crippen molar-refractivity contribution in [3.8, 4) is 0 Å². The van der Waals surface area contributed by atoms with E-state index in [1.165, 1.54) is 24.0 Å². The van der Waals surface area contributed by atoms with Crippen molar-refractivity contribution in [3.63, 3.8) is 0 Å². The van der Waals surface area contributed by atoms with Crippen molar-refractivity contribution in [2.24, 2.45) is 4.99 Å². The first kappa shape index (κ1) is 17.8. The Labute approximate surface area is 150 Å². The van der Waals surface area contributed by atoms with Crippen LogP contribution in [0, 0.1) is 0 Å². The predicted octanol–water partition coefficient (Wildman–Crippen LogP) is 4.08. The molecule has 9 heteroatoms. The van der Waals surface area contributed by atoms with Gasteiger partial charge >= 0.3 is 6.18 Å². The fourth-order valence-electron chi connectivity index (χ4n) is 2.07. The molecule has 3 rings (SSSR count). The average molecular weight is 383 g/mol. The molecule has 2 heterocycles. The molecule has 0 fully saturated rings. The molecular formula is C16H12F3N3OS2.